The van der Waals surface area contributed by atoms with Crippen molar-refractivity contribution >= 4 is 28.3 Å². The molecule has 0 aromatic heterocycles. The third kappa shape index (κ3) is 2.72. The van der Waals surface area contributed by atoms with Crippen LogP contribution in [0, 0.1) is 19.8 Å². The number of rotatable bonds is 1. The molecule has 0 amide bonds. The number of allylic oxidation sites excluding steroid dienone is 4. The first-order valence-corrected chi connectivity index (χ1v) is 14.1. The van der Waals surface area contributed by atoms with Crippen LogP contribution in [0.5, 0.6) is 0 Å². The summed E-state index contributed by atoms with van der Waals surface area (Å²) < 4.78 is 5.27. The molecule has 1 aliphatic heterocycles. The summed E-state index contributed by atoms with van der Waals surface area (Å²) in [5.74, 6) is 0.719. The summed E-state index contributed by atoms with van der Waals surface area (Å²) in [4.78, 5) is 0. The van der Waals surface area contributed by atoms with Crippen LogP contribution in [0.25, 0.3) is 0 Å². The maximum absolute atomic E-state index is 2.52. The van der Waals surface area contributed by atoms with Gasteiger partial charge in [0, 0.05) is 0 Å². The fourth-order valence-electron chi connectivity index (χ4n) is 4.51. The molecule has 1 heteroatoms. The van der Waals surface area contributed by atoms with Gasteiger partial charge in [0.15, 0.2) is 0 Å². The zero-order valence-electron chi connectivity index (χ0n) is 15.1. The standard InChI is InChI=1S/C17H20.C6H5.Bi/c1-12-5-13(2)8-16(7-12)11-17-9-14(3)6-15(4)10-17;1-2-4-6-5-3-1;/h5,7,9,15H,6,11H2,1-4H3;1-5H;. The van der Waals surface area contributed by atoms with Crippen LogP contribution in [-0.2, 0) is 6.42 Å². The van der Waals surface area contributed by atoms with Gasteiger partial charge in [-0.15, -0.1) is 0 Å². The van der Waals surface area contributed by atoms with Crippen LogP contribution < -0.4 is 6.54 Å². The molecule has 0 nitrogen and oxygen atoms in total. The first-order chi connectivity index (χ1) is 11.5. The molecule has 1 unspecified atom stereocenters. The van der Waals surface area contributed by atoms with E-state index in [0.717, 1.165) is 12.3 Å². The van der Waals surface area contributed by atoms with Gasteiger partial charge >= 0.3 is 154 Å². The monoisotopic (exact) mass is 510 g/mol. The van der Waals surface area contributed by atoms with Gasteiger partial charge in [-0.1, -0.05) is 0 Å². The van der Waals surface area contributed by atoms with Crippen LogP contribution in [0.1, 0.15) is 37.0 Å². The molecule has 0 saturated carbocycles. The summed E-state index contributed by atoms with van der Waals surface area (Å²) in [7, 11) is 0. The van der Waals surface area contributed by atoms with Gasteiger partial charge in [0.2, 0.25) is 0 Å². The Morgan fingerprint density at radius 2 is 1.75 bits per heavy atom. The first-order valence-electron chi connectivity index (χ1n) is 8.90. The van der Waals surface area contributed by atoms with Crippen LogP contribution in [-0.4, -0.2) is 21.8 Å². The van der Waals surface area contributed by atoms with Gasteiger partial charge in [0.05, 0.1) is 0 Å². The van der Waals surface area contributed by atoms with Crippen molar-refractivity contribution in [1.82, 2.24) is 0 Å². The molecule has 0 N–H and O–H groups in total. The Balaban J connectivity index is 2.00. The van der Waals surface area contributed by atoms with Crippen molar-refractivity contribution in [2.75, 3.05) is 0 Å². The second-order valence-electron chi connectivity index (χ2n) is 7.44. The summed E-state index contributed by atoms with van der Waals surface area (Å²) in [6, 6.07) is 16.3. The minimum absolute atomic E-state index is 0.719. The Hall–Kier alpha value is -1.20. The van der Waals surface area contributed by atoms with E-state index in [-0.39, 0.29) is 0 Å². The molecule has 2 aliphatic rings. The maximum atomic E-state index is 2.52. The topological polar surface area (TPSA) is 0 Å². The van der Waals surface area contributed by atoms with Gasteiger partial charge in [-0.25, -0.2) is 0 Å². The van der Waals surface area contributed by atoms with Crippen LogP contribution >= 0.6 is 0 Å². The van der Waals surface area contributed by atoms with Gasteiger partial charge in [0.1, 0.15) is 0 Å². The number of benzene rings is 2. The van der Waals surface area contributed by atoms with Gasteiger partial charge in [-0.05, 0) is 0 Å². The molecule has 1 heterocycles. The molecule has 0 spiro atoms. The van der Waals surface area contributed by atoms with E-state index in [0.29, 0.717) is 0 Å². The quantitative estimate of drug-likeness (QED) is 0.503. The molecular weight excluding hydrogens is 485 g/mol. The normalized spacial score (nSPS) is 20.5. The predicted octanol–water partition coefficient (Wildman–Crippen LogP) is 4.29. The van der Waals surface area contributed by atoms with Crippen LogP contribution in [0.2, 0.25) is 0 Å². The van der Waals surface area contributed by atoms with E-state index in [1.807, 2.05) is 3.28 Å². The Labute approximate surface area is 154 Å². The van der Waals surface area contributed by atoms with Gasteiger partial charge in [-0.2, -0.15) is 0 Å². The van der Waals surface area contributed by atoms with Crippen molar-refractivity contribution in [2.45, 2.75) is 40.5 Å². The summed E-state index contributed by atoms with van der Waals surface area (Å²) in [6.45, 7) is 9.36. The average Bonchev–Trinajstić information content (AvgIpc) is 2.53. The summed E-state index contributed by atoms with van der Waals surface area (Å²) >= 11 is -2.15. The van der Waals surface area contributed by atoms with E-state index in [4.69, 9.17) is 0 Å². The van der Waals surface area contributed by atoms with E-state index in [9.17, 15) is 0 Å². The Morgan fingerprint density at radius 1 is 1.00 bits per heavy atom. The molecule has 2 aromatic rings. The molecule has 24 heavy (non-hydrogen) atoms. The second-order valence-corrected chi connectivity index (χ2v) is 15.7. The molecule has 0 fully saturated rings. The van der Waals surface area contributed by atoms with Crippen molar-refractivity contribution in [3.63, 3.8) is 0 Å². The van der Waals surface area contributed by atoms with Gasteiger partial charge in [0.25, 0.3) is 0 Å². The minimum atomic E-state index is -2.15. The molecule has 0 saturated heterocycles. The van der Waals surface area contributed by atoms with Crippen molar-refractivity contribution in [2.24, 2.45) is 5.92 Å². The summed E-state index contributed by atoms with van der Waals surface area (Å²) in [5.41, 5.74) is 7.79. The summed E-state index contributed by atoms with van der Waals surface area (Å²) in [6.07, 6.45) is 4.91. The van der Waals surface area contributed by atoms with Gasteiger partial charge in [-0.3, -0.25) is 0 Å². The number of hydrogen-bond donors (Lipinski definition) is 0. The SMILES string of the molecule is CC1=CC2=[C](C(C)C1)[Bi]([c]1ccccc1)[c]1c(C)cc(C)cc1C2. The number of hydrogen-bond acceptors (Lipinski definition) is 0. The van der Waals surface area contributed by atoms with E-state index in [1.165, 1.54) is 17.5 Å². The van der Waals surface area contributed by atoms with Crippen LogP contribution in [0.15, 0.2) is 63.0 Å². The number of aryl methyl sites for hydroxylation is 2. The molecule has 2 aromatic carbocycles. The average molecular weight is 510 g/mol. The summed E-state index contributed by atoms with van der Waals surface area (Å²) in [5, 5.41) is 0. The predicted molar refractivity (Wildman–Crippen MR) is 106 cm³/mol. The van der Waals surface area contributed by atoms with Crippen molar-refractivity contribution < 1.29 is 0 Å². The zero-order chi connectivity index (χ0) is 16.8. The van der Waals surface area contributed by atoms with Crippen molar-refractivity contribution in [3.8, 4) is 0 Å². The molecule has 0 radical (unpaired) electrons. The van der Waals surface area contributed by atoms with Crippen LogP contribution in [0.3, 0.4) is 0 Å². The first kappa shape index (κ1) is 16.3. The molecule has 1 aliphatic carbocycles. The fraction of sp³-hybridized carbons (Fsp3) is 0.304. The van der Waals surface area contributed by atoms with E-state index >= 15 is 0 Å². The van der Waals surface area contributed by atoms with E-state index < -0.39 is 21.8 Å². The fourth-order valence-corrected chi connectivity index (χ4v) is 16.4. The molecule has 4 rings (SSSR count). The molecule has 1 atom stereocenters. The zero-order valence-corrected chi connectivity index (χ0v) is 18.5. The van der Waals surface area contributed by atoms with Crippen molar-refractivity contribution in [1.29, 1.82) is 0 Å². The molecule has 0 bridgehead atoms. The van der Waals surface area contributed by atoms with Crippen molar-refractivity contribution in [3.05, 3.63) is 79.7 Å². The number of fused-ring (bicyclic) bond motifs is 1. The second kappa shape index (κ2) is 6.27. The van der Waals surface area contributed by atoms with E-state index in [2.05, 4.69) is 76.2 Å². The third-order valence-corrected chi connectivity index (χ3v) is 17.3. The molecular formula is C23H25Bi. The Bertz CT molecular complexity index is 855. The third-order valence-electron chi connectivity index (χ3n) is 5.23. The van der Waals surface area contributed by atoms with Crippen LogP contribution in [0.4, 0.5) is 0 Å². The Kier molecular flexibility index (Phi) is 4.25. The van der Waals surface area contributed by atoms with E-state index in [1.54, 1.807) is 23.3 Å². The molecule has 122 valence electrons. The van der Waals surface area contributed by atoms with Gasteiger partial charge < -0.3 is 0 Å². The Morgan fingerprint density at radius 3 is 2.50 bits per heavy atom.